The number of hydrogen-bond acceptors (Lipinski definition) is 3. The first-order chi connectivity index (χ1) is 11.8. The Balaban J connectivity index is 1.65. The van der Waals surface area contributed by atoms with E-state index in [1.54, 1.807) is 35.2 Å². The smallest absolute Gasteiger partial charge is 0.112 e. The lowest BCUT2D eigenvalue weighted by molar-refractivity contribution is 0.899. The normalized spacial score (nSPS) is 10.4. The molecule has 4 rings (SSSR count). The summed E-state index contributed by atoms with van der Waals surface area (Å²) in [6.07, 6.45) is 3.55. The van der Waals surface area contributed by atoms with Gasteiger partial charge in [-0.15, -0.1) is 11.3 Å². The summed E-state index contributed by atoms with van der Waals surface area (Å²) in [7, 11) is 1.95. The van der Waals surface area contributed by atoms with Crippen molar-refractivity contribution in [3.05, 3.63) is 75.6 Å². The van der Waals surface area contributed by atoms with Gasteiger partial charge >= 0.3 is 0 Å². The maximum absolute atomic E-state index is 4.10. The lowest BCUT2D eigenvalue weighted by Crippen LogP contribution is -1.88. The van der Waals surface area contributed by atoms with E-state index in [1.807, 2.05) is 11.6 Å². The number of nitrogens with zero attached hydrogens (tertiary/aromatic N) is 2. The summed E-state index contributed by atoms with van der Waals surface area (Å²) < 4.78 is 1.93. The second-order valence-electron chi connectivity index (χ2n) is 5.39. The fourth-order valence-electron chi connectivity index (χ4n) is 2.50. The average molecular weight is 346 g/mol. The first-order valence-electron chi connectivity index (χ1n) is 7.50. The lowest BCUT2D eigenvalue weighted by Gasteiger charge is -2.02. The molecule has 3 aromatic heterocycles. The Morgan fingerprint density at radius 2 is 1.75 bits per heavy atom. The predicted octanol–water partition coefficient (Wildman–Crippen LogP) is 5.28. The van der Waals surface area contributed by atoms with E-state index in [0.29, 0.717) is 0 Å². The minimum atomic E-state index is 0.919. The molecule has 3 heterocycles. The molecule has 116 valence electrons. The van der Waals surface area contributed by atoms with Gasteiger partial charge in [0.25, 0.3) is 0 Å². The van der Waals surface area contributed by atoms with Gasteiger partial charge in [-0.05, 0) is 56.8 Å². The Labute approximate surface area is 149 Å². The Kier molecular flexibility index (Phi) is 4.04. The fourth-order valence-corrected chi connectivity index (χ4v) is 3.93. The van der Waals surface area contributed by atoms with Gasteiger partial charge in [0.2, 0.25) is 0 Å². The number of rotatable bonds is 2. The van der Waals surface area contributed by atoms with E-state index in [9.17, 15) is 0 Å². The Morgan fingerprint density at radius 1 is 0.917 bits per heavy atom. The molecule has 1 aromatic carbocycles. The summed E-state index contributed by atoms with van der Waals surface area (Å²) in [4.78, 5) is 5.18. The minimum absolute atomic E-state index is 0.919. The third-order valence-electron chi connectivity index (χ3n) is 3.84. The van der Waals surface area contributed by atoms with Crippen molar-refractivity contribution >= 4 is 22.7 Å². The molecule has 0 N–H and O–H groups in total. The summed E-state index contributed by atoms with van der Waals surface area (Å²) in [6, 6.07) is 13.0. The van der Waals surface area contributed by atoms with Crippen molar-refractivity contribution in [3.8, 4) is 34.1 Å². The SMILES string of the molecule is Cn1cncc1C#Cc1sccc1-c1ccc(-c2ccsc2)cc1. The maximum atomic E-state index is 4.10. The summed E-state index contributed by atoms with van der Waals surface area (Å²) in [5, 5.41) is 6.37. The summed E-state index contributed by atoms with van der Waals surface area (Å²) in [6.45, 7) is 0. The number of hydrogen-bond donors (Lipinski definition) is 0. The molecule has 0 fully saturated rings. The quantitative estimate of drug-likeness (QED) is 0.452. The van der Waals surface area contributed by atoms with Gasteiger partial charge in [0.15, 0.2) is 0 Å². The molecule has 0 spiro atoms. The average Bonchev–Trinajstić information content (AvgIpc) is 3.35. The molecule has 0 aliphatic heterocycles. The number of aryl methyl sites for hydroxylation is 1. The summed E-state index contributed by atoms with van der Waals surface area (Å²) in [5.74, 6) is 6.49. The third-order valence-corrected chi connectivity index (χ3v) is 5.35. The standard InChI is InChI=1S/C20H14N2S2/c1-22-14-21-12-18(22)6-7-20-19(9-11-24-20)16-4-2-15(3-5-16)17-8-10-23-13-17/h2-5,8-14H,1H3. The van der Waals surface area contributed by atoms with Gasteiger partial charge in [0, 0.05) is 12.6 Å². The van der Waals surface area contributed by atoms with E-state index in [0.717, 1.165) is 10.6 Å². The fraction of sp³-hybridized carbons (Fsp3) is 0.0500. The number of imidazole rings is 1. The molecule has 4 aromatic rings. The van der Waals surface area contributed by atoms with Crippen LogP contribution in [0.4, 0.5) is 0 Å². The molecule has 2 nitrogen and oxygen atoms in total. The zero-order chi connectivity index (χ0) is 16.4. The van der Waals surface area contributed by atoms with Crippen molar-refractivity contribution in [2.45, 2.75) is 0 Å². The van der Waals surface area contributed by atoms with E-state index in [1.165, 1.54) is 22.3 Å². The molecular formula is C20H14N2S2. The third kappa shape index (κ3) is 2.92. The van der Waals surface area contributed by atoms with Gasteiger partial charge in [-0.25, -0.2) is 4.98 Å². The zero-order valence-corrected chi connectivity index (χ0v) is 14.7. The Morgan fingerprint density at radius 3 is 2.46 bits per heavy atom. The molecular weight excluding hydrogens is 332 g/mol. The minimum Gasteiger partial charge on any atom is -0.327 e. The topological polar surface area (TPSA) is 17.8 Å². The van der Waals surface area contributed by atoms with Gasteiger partial charge in [-0.1, -0.05) is 24.3 Å². The van der Waals surface area contributed by atoms with Crippen LogP contribution in [0.1, 0.15) is 10.6 Å². The molecule has 4 heteroatoms. The van der Waals surface area contributed by atoms with Gasteiger partial charge in [-0.3, -0.25) is 0 Å². The van der Waals surface area contributed by atoms with Crippen LogP contribution in [0.2, 0.25) is 0 Å². The lowest BCUT2D eigenvalue weighted by atomic mass is 10.0. The highest BCUT2D eigenvalue weighted by atomic mass is 32.1. The molecule has 0 saturated heterocycles. The van der Waals surface area contributed by atoms with Crippen LogP contribution in [-0.4, -0.2) is 9.55 Å². The van der Waals surface area contributed by atoms with Crippen LogP contribution in [0.3, 0.4) is 0 Å². The Hall–Kier alpha value is -2.61. The van der Waals surface area contributed by atoms with Crippen molar-refractivity contribution in [3.63, 3.8) is 0 Å². The van der Waals surface area contributed by atoms with Crippen molar-refractivity contribution in [1.29, 1.82) is 0 Å². The van der Waals surface area contributed by atoms with E-state index >= 15 is 0 Å². The van der Waals surface area contributed by atoms with Crippen molar-refractivity contribution < 1.29 is 0 Å². The molecule has 24 heavy (non-hydrogen) atoms. The second kappa shape index (κ2) is 6.48. The van der Waals surface area contributed by atoms with Crippen molar-refractivity contribution in [2.24, 2.45) is 7.05 Å². The van der Waals surface area contributed by atoms with E-state index in [-0.39, 0.29) is 0 Å². The molecule has 0 atom stereocenters. The highest BCUT2D eigenvalue weighted by Gasteiger charge is 2.06. The summed E-state index contributed by atoms with van der Waals surface area (Å²) in [5.41, 5.74) is 5.82. The van der Waals surface area contributed by atoms with Gasteiger partial charge in [-0.2, -0.15) is 11.3 Å². The van der Waals surface area contributed by atoms with Gasteiger partial charge in [0.1, 0.15) is 5.69 Å². The van der Waals surface area contributed by atoms with Crippen LogP contribution < -0.4 is 0 Å². The van der Waals surface area contributed by atoms with Crippen LogP contribution >= 0.6 is 22.7 Å². The molecule has 0 aliphatic carbocycles. The molecule has 0 saturated carbocycles. The first kappa shape index (κ1) is 14.9. The number of aromatic nitrogens is 2. The van der Waals surface area contributed by atoms with Crippen LogP contribution in [0, 0.1) is 11.8 Å². The zero-order valence-electron chi connectivity index (χ0n) is 13.1. The van der Waals surface area contributed by atoms with Crippen molar-refractivity contribution in [1.82, 2.24) is 9.55 Å². The van der Waals surface area contributed by atoms with E-state index in [2.05, 4.69) is 69.4 Å². The predicted molar refractivity (Wildman–Crippen MR) is 102 cm³/mol. The highest BCUT2D eigenvalue weighted by molar-refractivity contribution is 7.11. The number of benzene rings is 1. The van der Waals surface area contributed by atoms with Crippen LogP contribution in [0.25, 0.3) is 22.3 Å². The number of thiophene rings is 2. The maximum Gasteiger partial charge on any atom is 0.112 e. The van der Waals surface area contributed by atoms with Crippen LogP contribution in [0.15, 0.2) is 65.1 Å². The van der Waals surface area contributed by atoms with Gasteiger partial charge < -0.3 is 4.57 Å². The molecule has 0 aliphatic rings. The van der Waals surface area contributed by atoms with Crippen molar-refractivity contribution in [2.75, 3.05) is 0 Å². The molecule has 0 unspecified atom stereocenters. The van der Waals surface area contributed by atoms with Crippen LogP contribution in [0.5, 0.6) is 0 Å². The molecule has 0 radical (unpaired) electrons. The largest absolute Gasteiger partial charge is 0.327 e. The molecule has 0 amide bonds. The second-order valence-corrected chi connectivity index (χ2v) is 7.09. The van der Waals surface area contributed by atoms with E-state index in [4.69, 9.17) is 0 Å². The highest BCUT2D eigenvalue weighted by Crippen LogP contribution is 2.30. The van der Waals surface area contributed by atoms with E-state index < -0.39 is 0 Å². The molecule has 0 bridgehead atoms. The van der Waals surface area contributed by atoms with Gasteiger partial charge in [0.05, 0.1) is 17.4 Å². The summed E-state index contributed by atoms with van der Waals surface area (Å²) >= 11 is 3.39. The van der Waals surface area contributed by atoms with Crippen LogP contribution in [-0.2, 0) is 7.05 Å². The monoisotopic (exact) mass is 346 g/mol. The first-order valence-corrected chi connectivity index (χ1v) is 9.32. The Bertz CT molecular complexity index is 1010.